The molecule has 0 atom stereocenters. The van der Waals surface area contributed by atoms with Crippen LogP contribution in [0.4, 0.5) is 11.5 Å². The van der Waals surface area contributed by atoms with Crippen LogP contribution < -0.4 is 24.8 Å². The average Bonchev–Trinajstić information content (AvgIpc) is 2.90. The molecule has 35 heavy (non-hydrogen) atoms. The molecule has 0 aliphatic carbocycles. The Morgan fingerprint density at radius 3 is 2.63 bits per heavy atom. The third kappa shape index (κ3) is 5.66. The van der Waals surface area contributed by atoms with Gasteiger partial charge in [0.1, 0.15) is 42.1 Å². The predicted molar refractivity (Wildman–Crippen MR) is 141 cm³/mol. The lowest BCUT2D eigenvalue weighted by Crippen LogP contribution is -2.34. The summed E-state index contributed by atoms with van der Waals surface area (Å²) in [4.78, 5) is 9.11. The largest absolute Gasteiger partial charge is 0.497 e. The number of benzene rings is 3. The second-order valence-corrected chi connectivity index (χ2v) is 9.20. The van der Waals surface area contributed by atoms with Gasteiger partial charge in [-0.3, -0.25) is 0 Å². The fourth-order valence-corrected chi connectivity index (χ4v) is 4.43. The number of fused-ring (bicyclic) bond motifs is 1. The van der Waals surface area contributed by atoms with E-state index in [1.54, 1.807) is 13.4 Å². The number of aromatic nitrogens is 2. The highest BCUT2D eigenvalue weighted by molar-refractivity contribution is 9.10. The van der Waals surface area contributed by atoms with E-state index in [4.69, 9.17) is 14.2 Å². The smallest absolute Gasteiger partial charge is 0.145 e. The van der Waals surface area contributed by atoms with Crippen LogP contribution in [0.5, 0.6) is 17.2 Å². The van der Waals surface area contributed by atoms with Crippen LogP contribution in [0.25, 0.3) is 10.9 Å². The summed E-state index contributed by atoms with van der Waals surface area (Å²) in [5.41, 5.74) is 2.68. The van der Waals surface area contributed by atoms with Crippen LogP contribution in [0.3, 0.4) is 0 Å². The average molecular weight is 535 g/mol. The van der Waals surface area contributed by atoms with E-state index in [2.05, 4.69) is 36.5 Å². The zero-order chi connectivity index (χ0) is 24.0. The van der Waals surface area contributed by atoms with Gasteiger partial charge < -0.3 is 24.8 Å². The first kappa shape index (κ1) is 23.4. The molecule has 0 bridgehead atoms. The molecule has 4 aromatic rings. The van der Waals surface area contributed by atoms with E-state index in [9.17, 15) is 0 Å². The lowest BCUT2D eigenvalue weighted by atomic mass is 10.1. The van der Waals surface area contributed by atoms with Gasteiger partial charge in [-0.1, -0.05) is 30.3 Å². The maximum atomic E-state index is 6.54. The Labute approximate surface area is 213 Å². The number of rotatable bonds is 8. The molecule has 1 aromatic heterocycles. The number of hydrogen-bond donors (Lipinski definition) is 2. The number of methoxy groups -OCH3 is 1. The second-order valence-electron chi connectivity index (χ2n) is 8.35. The molecule has 5 rings (SSSR count). The van der Waals surface area contributed by atoms with Crippen molar-refractivity contribution in [2.75, 3.05) is 25.5 Å². The summed E-state index contributed by atoms with van der Waals surface area (Å²) in [5.74, 6) is 2.82. The zero-order valence-electron chi connectivity index (χ0n) is 19.5. The van der Waals surface area contributed by atoms with Crippen molar-refractivity contribution in [1.82, 2.24) is 15.3 Å². The number of halogens is 1. The molecule has 0 saturated carbocycles. The van der Waals surface area contributed by atoms with E-state index in [0.29, 0.717) is 23.9 Å². The summed E-state index contributed by atoms with van der Waals surface area (Å²) >= 11 is 3.61. The van der Waals surface area contributed by atoms with Crippen molar-refractivity contribution in [2.45, 2.75) is 25.6 Å². The van der Waals surface area contributed by atoms with Crippen LogP contribution in [0.1, 0.15) is 18.4 Å². The van der Waals surface area contributed by atoms with E-state index >= 15 is 0 Å². The van der Waals surface area contributed by atoms with Crippen LogP contribution in [0.2, 0.25) is 0 Å². The standard InChI is InChI=1S/C27H27BrN4O3/c1-33-20-7-8-22(28)23(13-20)32-27-26-24(30-17-31-27)14-21(34-16-18-5-3-2-4-6-18)15-25(26)35-19-9-11-29-12-10-19/h2-8,13-15,17,19,29H,9-12,16H2,1H3,(H,30,31,32). The second kappa shape index (κ2) is 10.9. The number of ether oxygens (including phenoxy) is 3. The SMILES string of the molecule is COc1ccc(Br)c(Nc2ncnc3cc(OCc4ccccc4)cc(OC4CCNCC4)c23)c1. The number of hydrogen-bond acceptors (Lipinski definition) is 7. The first-order valence-corrected chi connectivity index (χ1v) is 12.4. The van der Waals surface area contributed by atoms with Gasteiger partial charge in [0.05, 0.1) is 23.7 Å². The third-order valence-corrected chi connectivity index (χ3v) is 6.62. The first-order chi connectivity index (χ1) is 17.2. The van der Waals surface area contributed by atoms with E-state index in [-0.39, 0.29) is 6.10 Å². The van der Waals surface area contributed by atoms with Crippen molar-refractivity contribution in [3.63, 3.8) is 0 Å². The van der Waals surface area contributed by atoms with Gasteiger partial charge in [-0.25, -0.2) is 9.97 Å². The fourth-order valence-electron chi connectivity index (χ4n) is 4.09. The Hall–Kier alpha value is -3.36. The summed E-state index contributed by atoms with van der Waals surface area (Å²) in [5, 5.41) is 7.64. The number of nitrogens with one attached hydrogen (secondary N) is 2. The van der Waals surface area contributed by atoms with Crippen LogP contribution in [0.15, 0.2) is 71.5 Å². The minimum Gasteiger partial charge on any atom is -0.497 e. The Bertz CT molecular complexity index is 1300. The van der Waals surface area contributed by atoms with Crippen molar-refractivity contribution in [2.24, 2.45) is 0 Å². The van der Waals surface area contributed by atoms with Crippen LogP contribution in [-0.2, 0) is 6.61 Å². The molecule has 2 heterocycles. The molecule has 1 fully saturated rings. The Morgan fingerprint density at radius 1 is 1.00 bits per heavy atom. The van der Waals surface area contributed by atoms with Crippen LogP contribution in [0, 0.1) is 0 Å². The normalized spacial score (nSPS) is 14.0. The quantitative estimate of drug-likeness (QED) is 0.293. The fraction of sp³-hybridized carbons (Fsp3) is 0.259. The van der Waals surface area contributed by atoms with Crippen molar-refractivity contribution < 1.29 is 14.2 Å². The summed E-state index contributed by atoms with van der Waals surface area (Å²) in [6, 6.07) is 19.7. The Balaban J connectivity index is 1.52. The van der Waals surface area contributed by atoms with Crippen molar-refractivity contribution >= 4 is 38.3 Å². The van der Waals surface area contributed by atoms with Gasteiger partial charge in [0.2, 0.25) is 0 Å². The summed E-state index contributed by atoms with van der Waals surface area (Å²) < 4.78 is 19.0. The molecule has 8 heteroatoms. The highest BCUT2D eigenvalue weighted by Gasteiger charge is 2.20. The molecule has 0 spiro atoms. The third-order valence-electron chi connectivity index (χ3n) is 5.93. The summed E-state index contributed by atoms with van der Waals surface area (Å²) in [6.45, 7) is 2.34. The molecule has 1 aliphatic rings. The summed E-state index contributed by atoms with van der Waals surface area (Å²) in [6.07, 6.45) is 3.54. The Kier molecular flexibility index (Phi) is 7.30. The molecule has 0 radical (unpaired) electrons. The minimum absolute atomic E-state index is 0.112. The maximum Gasteiger partial charge on any atom is 0.145 e. The molecule has 7 nitrogen and oxygen atoms in total. The molecule has 3 aromatic carbocycles. The van der Waals surface area contributed by atoms with Gasteiger partial charge in [0.25, 0.3) is 0 Å². The van der Waals surface area contributed by atoms with E-state index in [1.807, 2.05) is 60.7 Å². The lowest BCUT2D eigenvalue weighted by molar-refractivity contribution is 0.164. The summed E-state index contributed by atoms with van der Waals surface area (Å²) in [7, 11) is 1.65. The van der Waals surface area contributed by atoms with E-state index < -0.39 is 0 Å². The van der Waals surface area contributed by atoms with Crippen molar-refractivity contribution in [1.29, 1.82) is 0 Å². The van der Waals surface area contributed by atoms with Crippen LogP contribution >= 0.6 is 15.9 Å². The van der Waals surface area contributed by atoms with Crippen molar-refractivity contribution in [3.05, 3.63) is 77.0 Å². The van der Waals surface area contributed by atoms with Crippen molar-refractivity contribution in [3.8, 4) is 17.2 Å². The van der Waals surface area contributed by atoms with Gasteiger partial charge >= 0.3 is 0 Å². The number of anilines is 2. The lowest BCUT2D eigenvalue weighted by Gasteiger charge is -2.25. The Morgan fingerprint density at radius 2 is 1.83 bits per heavy atom. The van der Waals surface area contributed by atoms with Gasteiger partial charge in [-0.05, 0) is 59.6 Å². The van der Waals surface area contributed by atoms with Gasteiger partial charge in [0.15, 0.2) is 0 Å². The highest BCUT2D eigenvalue weighted by atomic mass is 79.9. The first-order valence-electron chi connectivity index (χ1n) is 11.6. The van der Waals surface area contributed by atoms with Gasteiger partial charge in [0, 0.05) is 22.7 Å². The molecule has 0 unspecified atom stereocenters. The highest BCUT2D eigenvalue weighted by Crippen LogP contribution is 2.38. The molecular formula is C27H27BrN4O3. The molecular weight excluding hydrogens is 508 g/mol. The number of piperidine rings is 1. The maximum absolute atomic E-state index is 6.54. The molecule has 0 amide bonds. The molecule has 1 saturated heterocycles. The topological polar surface area (TPSA) is 77.5 Å². The van der Waals surface area contributed by atoms with Gasteiger partial charge in [-0.2, -0.15) is 0 Å². The van der Waals surface area contributed by atoms with E-state index in [1.165, 1.54) is 0 Å². The number of nitrogens with zero attached hydrogens (tertiary/aromatic N) is 2. The zero-order valence-corrected chi connectivity index (χ0v) is 21.0. The predicted octanol–water partition coefficient (Wildman–Crippen LogP) is 5.85. The minimum atomic E-state index is 0.112. The van der Waals surface area contributed by atoms with Crippen LogP contribution in [-0.4, -0.2) is 36.3 Å². The van der Waals surface area contributed by atoms with Gasteiger partial charge in [-0.15, -0.1) is 0 Å². The monoisotopic (exact) mass is 534 g/mol. The molecule has 2 N–H and O–H groups in total. The van der Waals surface area contributed by atoms with E-state index in [0.717, 1.165) is 58.3 Å². The molecule has 1 aliphatic heterocycles. The molecule has 180 valence electrons.